The van der Waals surface area contributed by atoms with Crippen molar-refractivity contribution in [2.45, 2.75) is 76.8 Å². The highest BCUT2D eigenvalue weighted by Gasteiger charge is 2.35. The predicted octanol–water partition coefficient (Wildman–Crippen LogP) is 3.42. The van der Waals surface area contributed by atoms with Gasteiger partial charge >= 0.3 is 0 Å². The van der Waals surface area contributed by atoms with Crippen molar-refractivity contribution < 1.29 is 0 Å². The highest BCUT2D eigenvalue weighted by atomic mass is 15.1. The van der Waals surface area contributed by atoms with Crippen molar-refractivity contribution >= 4 is 0 Å². The molecule has 2 nitrogen and oxygen atoms in total. The smallest absolute Gasteiger partial charge is 0.00940 e. The van der Waals surface area contributed by atoms with Gasteiger partial charge in [-0.15, -0.1) is 0 Å². The van der Waals surface area contributed by atoms with Crippen LogP contribution in [0.25, 0.3) is 0 Å². The van der Waals surface area contributed by atoms with Crippen molar-refractivity contribution in [3.8, 4) is 0 Å². The van der Waals surface area contributed by atoms with E-state index in [0.29, 0.717) is 0 Å². The van der Waals surface area contributed by atoms with Crippen molar-refractivity contribution in [2.75, 3.05) is 19.6 Å². The summed E-state index contributed by atoms with van der Waals surface area (Å²) in [7, 11) is 0. The highest BCUT2D eigenvalue weighted by Crippen LogP contribution is 2.44. The third-order valence-electron chi connectivity index (χ3n) is 5.60. The van der Waals surface area contributed by atoms with Crippen LogP contribution in [0.2, 0.25) is 0 Å². The second-order valence-electron chi connectivity index (χ2n) is 7.24. The van der Waals surface area contributed by atoms with E-state index in [1.54, 1.807) is 0 Å². The van der Waals surface area contributed by atoms with Gasteiger partial charge < -0.3 is 10.2 Å². The average Bonchev–Trinajstić information content (AvgIpc) is 3.26. The Bertz CT molecular complexity index is 266. The number of nitrogens with one attached hydrogen (secondary N) is 1. The number of rotatable bonds is 5. The lowest BCUT2D eigenvalue weighted by atomic mass is 9.82. The number of nitrogens with zero attached hydrogens (tertiary/aromatic N) is 1. The summed E-state index contributed by atoms with van der Waals surface area (Å²) in [6.45, 7) is 6.25. The highest BCUT2D eigenvalue weighted by molar-refractivity contribution is 4.89. The molecule has 3 aliphatic rings. The third-order valence-corrected chi connectivity index (χ3v) is 5.60. The van der Waals surface area contributed by atoms with Crippen LogP contribution in [-0.2, 0) is 0 Å². The first kappa shape index (κ1) is 13.9. The Morgan fingerprint density at radius 3 is 2.37 bits per heavy atom. The molecular formula is C17H32N2. The molecule has 2 atom stereocenters. The molecule has 19 heavy (non-hydrogen) atoms. The van der Waals surface area contributed by atoms with E-state index in [9.17, 15) is 0 Å². The van der Waals surface area contributed by atoms with Crippen LogP contribution in [0.15, 0.2) is 0 Å². The summed E-state index contributed by atoms with van der Waals surface area (Å²) in [5.74, 6) is 2.20. The molecule has 0 aromatic heterocycles. The first-order valence-electron chi connectivity index (χ1n) is 8.83. The van der Waals surface area contributed by atoms with Crippen molar-refractivity contribution in [3.63, 3.8) is 0 Å². The Morgan fingerprint density at radius 1 is 0.895 bits per heavy atom. The molecule has 0 aromatic carbocycles. The van der Waals surface area contributed by atoms with Crippen LogP contribution in [0.3, 0.4) is 0 Å². The number of hydrogen-bond donors (Lipinski definition) is 1. The van der Waals surface area contributed by atoms with Crippen LogP contribution in [0.5, 0.6) is 0 Å². The van der Waals surface area contributed by atoms with Crippen molar-refractivity contribution in [1.82, 2.24) is 10.2 Å². The molecule has 2 unspecified atom stereocenters. The SMILES string of the molecule is CCCN1CCC(NC2CCCC(C3CC3)C2)CC1. The molecule has 1 saturated heterocycles. The van der Waals surface area contributed by atoms with Crippen LogP contribution < -0.4 is 5.32 Å². The Morgan fingerprint density at radius 2 is 1.68 bits per heavy atom. The Balaban J connectivity index is 1.39. The van der Waals surface area contributed by atoms with Crippen molar-refractivity contribution in [2.24, 2.45) is 11.8 Å². The van der Waals surface area contributed by atoms with Gasteiger partial charge in [-0.05, 0) is 76.4 Å². The van der Waals surface area contributed by atoms with Crippen LogP contribution in [-0.4, -0.2) is 36.6 Å². The maximum Gasteiger partial charge on any atom is 0.00940 e. The fourth-order valence-electron chi connectivity index (χ4n) is 4.35. The second kappa shape index (κ2) is 6.58. The molecule has 110 valence electrons. The summed E-state index contributed by atoms with van der Waals surface area (Å²) in [5, 5.41) is 4.01. The van der Waals surface area contributed by atoms with Gasteiger partial charge in [-0.25, -0.2) is 0 Å². The minimum Gasteiger partial charge on any atom is -0.311 e. The number of likely N-dealkylation sites (tertiary alicyclic amines) is 1. The zero-order valence-electron chi connectivity index (χ0n) is 12.7. The van der Waals surface area contributed by atoms with E-state index in [-0.39, 0.29) is 0 Å². The lowest BCUT2D eigenvalue weighted by molar-refractivity contribution is 0.173. The monoisotopic (exact) mass is 264 g/mol. The fraction of sp³-hybridized carbons (Fsp3) is 1.00. The first-order valence-corrected chi connectivity index (χ1v) is 8.83. The van der Waals surface area contributed by atoms with Gasteiger partial charge in [-0.1, -0.05) is 19.8 Å². The molecule has 1 heterocycles. The van der Waals surface area contributed by atoms with E-state index in [1.807, 2.05) is 0 Å². The summed E-state index contributed by atoms with van der Waals surface area (Å²) in [6.07, 6.45) is 13.1. The van der Waals surface area contributed by atoms with E-state index >= 15 is 0 Å². The molecule has 2 aliphatic carbocycles. The van der Waals surface area contributed by atoms with Gasteiger partial charge in [0.1, 0.15) is 0 Å². The maximum atomic E-state index is 4.01. The van der Waals surface area contributed by atoms with Crippen LogP contribution in [0.1, 0.15) is 64.7 Å². The van der Waals surface area contributed by atoms with E-state index in [1.165, 1.54) is 77.4 Å². The standard InChI is InChI=1S/C17H32N2/c1-2-10-19-11-8-16(9-12-19)18-17-5-3-4-15(13-17)14-6-7-14/h14-18H,2-13H2,1H3. The minimum absolute atomic E-state index is 0.816. The van der Waals surface area contributed by atoms with Gasteiger partial charge in [0.2, 0.25) is 0 Å². The van der Waals surface area contributed by atoms with Crippen LogP contribution in [0, 0.1) is 11.8 Å². The van der Waals surface area contributed by atoms with Crippen molar-refractivity contribution in [1.29, 1.82) is 0 Å². The molecular weight excluding hydrogens is 232 g/mol. The molecule has 0 bridgehead atoms. The molecule has 2 saturated carbocycles. The Kier molecular flexibility index (Phi) is 4.81. The molecule has 2 heteroatoms. The van der Waals surface area contributed by atoms with Crippen LogP contribution >= 0.6 is 0 Å². The van der Waals surface area contributed by atoms with E-state index in [4.69, 9.17) is 0 Å². The van der Waals surface area contributed by atoms with Gasteiger partial charge in [-0.3, -0.25) is 0 Å². The number of piperidine rings is 1. The molecule has 0 aromatic rings. The number of hydrogen-bond acceptors (Lipinski definition) is 2. The summed E-state index contributed by atoms with van der Waals surface area (Å²) in [6, 6.07) is 1.66. The molecule has 0 radical (unpaired) electrons. The Labute approximate surface area is 119 Å². The fourth-order valence-corrected chi connectivity index (χ4v) is 4.35. The summed E-state index contributed by atoms with van der Waals surface area (Å²) in [5.41, 5.74) is 0. The molecule has 1 N–H and O–H groups in total. The summed E-state index contributed by atoms with van der Waals surface area (Å²) >= 11 is 0. The van der Waals surface area contributed by atoms with E-state index < -0.39 is 0 Å². The molecule has 3 rings (SSSR count). The molecule has 0 spiro atoms. The van der Waals surface area contributed by atoms with Crippen molar-refractivity contribution in [3.05, 3.63) is 0 Å². The maximum absolute atomic E-state index is 4.01. The molecule has 1 aliphatic heterocycles. The molecule has 0 amide bonds. The van der Waals surface area contributed by atoms with E-state index in [2.05, 4.69) is 17.1 Å². The largest absolute Gasteiger partial charge is 0.311 e. The zero-order chi connectivity index (χ0) is 13.1. The van der Waals surface area contributed by atoms with Gasteiger partial charge in [0.15, 0.2) is 0 Å². The van der Waals surface area contributed by atoms with Gasteiger partial charge in [0.25, 0.3) is 0 Å². The Hall–Kier alpha value is -0.0800. The normalized spacial score (nSPS) is 34.6. The first-order chi connectivity index (χ1) is 9.35. The molecule has 3 fully saturated rings. The third kappa shape index (κ3) is 3.95. The van der Waals surface area contributed by atoms with Crippen LogP contribution in [0.4, 0.5) is 0 Å². The predicted molar refractivity (Wildman–Crippen MR) is 81.4 cm³/mol. The lowest BCUT2D eigenvalue weighted by Crippen LogP contribution is -2.47. The quantitative estimate of drug-likeness (QED) is 0.818. The second-order valence-corrected chi connectivity index (χ2v) is 7.24. The zero-order valence-corrected chi connectivity index (χ0v) is 12.7. The lowest BCUT2D eigenvalue weighted by Gasteiger charge is -2.37. The summed E-state index contributed by atoms with van der Waals surface area (Å²) < 4.78 is 0. The van der Waals surface area contributed by atoms with E-state index in [0.717, 1.165) is 23.9 Å². The summed E-state index contributed by atoms with van der Waals surface area (Å²) in [4.78, 5) is 2.64. The average molecular weight is 264 g/mol. The van der Waals surface area contributed by atoms with Gasteiger partial charge in [0, 0.05) is 12.1 Å². The van der Waals surface area contributed by atoms with Gasteiger partial charge in [0.05, 0.1) is 0 Å². The minimum atomic E-state index is 0.816. The van der Waals surface area contributed by atoms with Gasteiger partial charge in [-0.2, -0.15) is 0 Å². The topological polar surface area (TPSA) is 15.3 Å².